The van der Waals surface area contributed by atoms with Crippen LogP contribution in [0, 0.1) is 17.8 Å². The number of para-hydroxylation sites is 2. The fourth-order valence-electron chi connectivity index (χ4n) is 8.31. The van der Waals surface area contributed by atoms with Crippen molar-refractivity contribution in [2.75, 3.05) is 54.0 Å². The van der Waals surface area contributed by atoms with Gasteiger partial charge < -0.3 is 20.2 Å². The van der Waals surface area contributed by atoms with Crippen LogP contribution in [0.2, 0.25) is 0 Å². The number of aromatic nitrogens is 1. The van der Waals surface area contributed by atoms with E-state index in [9.17, 15) is 31.5 Å². The molecule has 1 aromatic carbocycles. The Bertz CT molecular complexity index is 1480. The zero-order valence-electron chi connectivity index (χ0n) is 23.6. The molecule has 1 saturated heterocycles. The number of pyridine rings is 1. The van der Waals surface area contributed by atoms with E-state index < -0.39 is 21.1 Å². The smallest absolute Gasteiger partial charge is 0.390 e. The molecule has 43 heavy (non-hydrogen) atoms. The summed E-state index contributed by atoms with van der Waals surface area (Å²) in [5.41, 5.74) is -3.55. The summed E-state index contributed by atoms with van der Waals surface area (Å²) in [6.07, 6.45) is 6.20. The van der Waals surface area contributed by atoms with Crippen LogP contribution in [0.4, 0.5) is 40.8 Å². The van der Waals surface area contributed by atoms with E-state index in [4.69, 9.17) is 0 Å². The van der Waals surface area contributed by atoms with Gasteiger partial charge in [-0.2, -0.15) is 17.5 Å². The van der Waals surface area contributed by atoms with Crippen molar-refractivity contribution in [3.63, 3.8) is 0 Å². The molecule has 0 radical (unpaired) electrons. The lowest BCUT2D eigenvalue weighted by Crippen LogP contribution is -2.63. The highest BCUT2D eigenvalue weighted by molar-refractivity contribution is 7.90. The average Bonchev–Trinajstić information content (AvgIpc) is 2.97. The SMILES string of the molecule is O=C(NC1[C@@H]2CC3C[C@H]1CC(O)(C3)C2)N1CCN(c2ccc(N3CCN(S(=O)(=O)C(F)(F)F)CC3)cn2)c2ccccc21. The Kier molecular flexibility index (Phi) is 6.82. The first-order valence-corrected chi connectivity index (χ1v) is 16.3. The first-order chi connectivity index (χ1) is 20.4. The van der Waals surface area contributed by atoms with Crippen molar-refractivity contribution in [3.8, 4) is 0 Å². The van der Waals surface area contributed by atoms with Crippen LogP contribution in [0.25, 0.3) is 0 Å². The van der Waals surface area contributed by atoms with Crippen molar-refractivity contribution in [2.24, 2.45) is 17.8 Å². The summed E-state index contributed by atoms with van der Waals surface area (Å²) in [6.45, 7) is 0.696. The number of piperazine rings is 1. The number of anilines is 4. The molecule has 4 bridgehead atoms. The minimum absolute atomic E-state index is 0.0826. The van der Waals surface area contributed by atoms with E-state index in [0.717, 1.165) is 43.5 Å². The predicted molar refractivity (Wildman–Crippen MR) is 155 cm³/mol. The van der Waals surface area contributed by atoms with Crippen LogP contribution < -0.4 is 20.0 Å². The van der Waals surface area contributed by atoms with E-state index in [-0.39, 0.29) is 38.3 Å². The number of hydrogen-bond donors (Lipinski definition) is 2. The number of rotatable bonds is 4. The number of carbonyl (C=O) groups is 1. The van der Waals surface area contributed by atoms with Gasteiger partial charge in [-0.3, -0.25) is 4.90 Å². The van der Waals surface area contributed by atoms with Crippen LogP contribution in [0.1, 0.15) is 32.1 Å². The molecule has 1 aromatic heterocycles. The minimum atomic E-state index is -5.34. The van der Waals surface area contributed by atoms with Crippen molar-refractivity contribution >= 4 is 38.9 Å². The molecular weight excluding hydrogens is 585 g/mol. The summed E-state index contributed by atoms with van der Waals surface area (Å²) in [4.78, 5) is 23.9. The third-order valence-electron chi connectivity index (χ3n) is 10.0. The van der Waals surface area contributed by atoms with Gasteiger partial charge in [0.1, 0.15) is 5.82 Å². The predicted octanol–water partition coefficient (Wildman–Crippen LogP) is 3.66. The van der Waals surface area contributed by atoms with Gasteiger partial charge in [0.2, 0.25) is 0 Å². The molecule has 5 fully saturated rings. The number of alkyl halides is 3. The molecule has 4 saturated carbocycles. The quantitative estimate of drug-likeness (QED) is 0.537. The summed E-state index contributed by atoms with van der Waals surface area (Å²) < 4.78 is 62.7. The first-order valence-electron chi connectivity index (χ1n) is 14.9. The third kappa shape index (κ3) is 5.00. The molecule has 2 N–H and O–H groups in total. The summed E-state index contributed by atoms with van der Waals surface area (Å²) >= 11 is 0. The van der Waals surface area contributed by atoms with Gasteiger partial charge >= 0.3 is 21.6 Å². The number of benzene rings is 1. The average molecular weight is 621 g/mol. The van der Waals surface area contributed by atoms with Crippen LogP contribution >= 0.6 is 0 Å². The van der Waals surface area contributed by atoms with E-state index in [0.29, 0.717) is 46.7 Å². The molecule has 232 valence electrons. The molecule has 5 atom stereocenters. The van der Waals surface area contributed by atoms with Crippen LogP contribution in [-0.4, -0.2) is 85.3 Å². The second kappa shape index (κ2) is 10.2. The van der Waals surface area contributed by atoms with Crippen molar-refractivity contribution in [2.45, 2.75) is 49.3 Å². The highest BCUT2D eigenvalue weighted by atomic mass is 32.2. The fourth-order valence-corrected chi connectivity index (χ4v) is 9.24. The van der Waals surface area contributed by atoms with Gasteiger partial charge in [-0.25, -0.2) is 18.2 Å². The molecule has 2 amide bonds. The number of nitrogens with zero attached hydrogens (tertiary/aromatic N) is 5. The standard InChI is InChI=1S/C29H35F3N6O4S/c30-29(31,32)43(41,42)36-9-7-35(8-10-36)22-5-6-25(33-18-22)37-11-12-38(24-4-2-1-3-23(24)37)27(39)34-26-20-13-19-14-21(26)17-28(40,15-19)16-20/h1-6,18-21,26,40H,7-17H2,(H,34,39)/t19?,20-,21+,26?,28?. The zero-order valence-corrected chi connectivity index (χ0v) is 24.4. The molecule has 4 aliphatic carbocycles. The molecule has 6 aliphatic rings. The van der Waals surface area contributed by atoms with E-state index in [2.05, 4.69) is 10.3 Å². The Morgan fingerprint density at radius 3 is 2.21 bits per heavy atom. The number of nitrogens with one attached hydrogen (secondary N) is 1. The Labute approximate surface area is 248 Å². The Morgan fingerprint density at radius 2 is 1.60 bits per heavy atom. The van der Waals surface area contributed by atoms with Crippen molar-refractivity contribution < 1.29 is 31.5 Å². The van der Waals surface area contributed by atoms with Crippen LogP contribution in [0.5, 0.6) is 0 Å². The van der Waals surface area contributed by atoms with Gasteiger partial charge in [-0.05, 0) is 74.1 Å². The van der Waals surface area contributed by atoms with Crippen LogP contribution in [0.15, 0.2) is 42.6 Å². The normalized spacial score (nSPS) is 30.8. The number of amides is 2. The molecule has 2 aliphatic heterocycles. The summed E-state index contributed by atoms with van der Waals surface area (Å²) in [6, 6.07) is 11.3. The minimum Gasteiger partial charge on any atom is -0.390 e. The lowest BCUT2D eigenvalue weighted by atomic mass is 9.52. The fraction of sp³-hybridized carbons (Fsp3) is 0.586. The van der Waals surface area contributed by atoms with Gasteiger partial charge in [-0.1, -0.05) is 12.1 Å². The first kappa shape index (κ1) is 28.7. The van der Waals surface area contributed by atoms with E-state index >= 15 is 0 Å². The molecule has 3 heterocycles. The van der Waals surface area contributed by atoms with Gasteiger partial charge in [0.05, 0.1) is 28.9 Å². The molecule has 2 aromatic rings. The number of hydrogen-bond acceptors (Lipinski definition) is 7. The highest BCUT2D eigenvalue weighted by Gasteiger charge is 2.55. The number of carbonyl (C=O) groups excluding carboxylic acids is 1. The highest BCUT2D eigenvalue weighted by Crippen LogP contribution is 2.55. The van der Waals surface area contributed by atoms with Gasteiger partial charge in [0, 0.05) is 45.3 Å². The van der Waals surface area contributed by atoms with Gasteiger partial charge in [0.15, 0.2) is 0 Å². The zero-order chi connectivity index (χ0) is 30.1. The lowest BCUT2D eigenvalue weighted by Gasteiger charge is -2.58. The lowest BCUT2D eigenvalue weighted by molar-refractivity contribution is -0.136. The van der Waals surface area contributed by atoms with E-state index in [1.807, 2.05) is 46.2 Å². The summed E-state index contributed by atoms with van der Waals surface area (Å²) in [5.74, 6) is 1.87. The largest absolute Gasteiger partial charge is 0.511 e. The number of halogens is 3. The molecule has 10 nitrogen and oxygen atoms in total. The van der Waals surface area contributed by atoms with Crippen molar-refractivity contribution in [1.82, 2.24) is 14.6 Å². The maximum absolute atomic E-state index is 13.6. The van der Waals surface area contributed by atoms with Gasteiger partial charge in [-0.15, -0.1) is 0 Å². The van der Waals surface area contributed by atoms with E-state index in [1.54, 1.807) is 11.1 Å². The summed E-state index contributed by atoms with van der Waals surface area (Å²) in [7, 11) is -5.34. The number of sulfonamides is 1. The van der Waals surface area contributed by atoms with Gasteiger partial charge in [0.25, 0.3) is 0 Å². The molecule has 3 unspecified atom stereocenters. The molecule has 8 rings (SSSR count). The number of urea groups is 1. The topological polar surface area (TPSA) is 109 Å². The molecule has 14 heteroatoms. The monoisotopic (exact) mass is 620 g/mol. The maximum atomic E-state index is 13.6. The number of aliphatic hydroxyl groups is 1. The van der Waals surface area contributed by atoms with Crippen molar-refractivity contribution in [1.29, 1.82) is 0 Å². The maximum Gasteiger partial charge on any atom is 0.511 e. The van der Waals surface area contributed by atoms with E-state index in [1.165, 1.54) is 0 Å². The number of fused-ring (bicyclic) bond motifs is 1. The third-order valence-corrected chi connectivity index (χ3v) is 11.7. The Hall–Kier alpha value is -3.10. The molecule has 0 spiro atoms. The summed E-state index contributed by atoms with van der Waals surface area (Å²) in [5, 5.41) is 14.3. The van der Waals surface area contributed by atoms with Crippen LogP contribution in [0.3, 0.4) is 0 Å². The second-order valence-corrected chi connectivity index (χ2v) is 14.6. The Balaban J connectivity index is 1.03. The molecular formula is C29H35F3N6O4S. The van der Waals surface area contributed by atoms with Crippen LogP contribution in [-0.2, 0) is 10.0 Å². The Morgan fingerprint density at radius 1 is 0.930 bits per heavy atom. The van der Waals surface area contributed by atoms with Crippen molar-refractivity contribution in [3.05, 3.63) is 42.6 Å². The second-order valence-electron chi connectivity index (χ2n) is 12.7.